The van der Waals surface area contributed by atoms with Gasteiger partial charge in [-0.3, -0.25) is 4.79 Å². The maximum Gasteiger partial charge on any atom is 0.351 e. The monoisotopic (exact) mass is 304 g/mol. The molecular formula is C15H12O5S. The van der Waals surface area contributed by atoms with Crippen LogP contribution in [0.1, 0.15) is 9.67 Å². The van der Waals surface area contributed by atoms with Crippen molar-refractivity contribution in [3.63, 3.8) is 0 Å². The van der Waals surface area contributed by atoms with Crippen molar-refractivity contribution in [3.05, 3.63) is 46.7 Å². The van der Waals surface area contributed by atoms with E-state index in [9.17, 15) is 9.59 Å². The first kappa shape index (κ1) is 13.6. The summed E-state index contributed by atoms with van der Waals surface area (Å²) in [7, 11) is 0. The standard InChI is InChI=1S/C15H12O5S/c16-10(14-6-3-7-21-14)8-19-15(17)13-9-18-11-4-1-2-5-12(11)20-13/h1-7,13H,8-9H2/t13-/m0/s1. The zero-order valence-electron chi connectivity index (χ0n) is 11.0. The first-order valence-electron chi connectivity index (χ1n) is 6.36. The van der Waals surface area contributed by atoms with Gasteiger partial charge in [0.2, 0.25) is 11.9 Å². The van der Waals surface area contributed by atoms with Crippen LogP contribution in [0.5, 0.6) is 11.5 Å². The third kappa shape index (κ3) is 3.05. The fourth-order valence-electron chi connectivity index (χ4n) is 1.87. The van der Waals surface area contributed by atoms with Crippen LogP contribution in [0.25, 0.3) is 0 Å². The number of ketones is 1. The molecule has 0 spiro atoms. The molecule has 3 rings (SSSR count). The molecule has 1 aliphatic heterocycles. The van der Waals surface area contributed by atoms with Crippen LogP contribution in [0.15, 0.2) is 41.8 Å². The fraction of sp³-hybridized carbons (Fsp3) is 0.200. The molecule has 1 aliphatic rings. The lowest BCUT2D eigenvalue weighted by atomic mass is 10.2. The number of esters is 1. The highest BCUT2D eigenvalue weighted by molar-refractivity contribution is 7.12. The van der Waals surface area contributed by atoms with Crippen LogP contribution in [0.4, 0.5) is 0 Å². The Hall–Kier alpha value is -2.34. The van der Waals surface area contributed by atoms with Crippen LogP contribution < -0.4 is 9.47 Å². The third-order valence-electron chi connectivity index (χ3n) is 2.91. The summed E-state index contributed by atoms with van der Waals surface area (Å²) < 4.78 is 15.9. The van der Waals surface area contributed by atoms with Gasteiger partial charge in [-0.15, -0.1) is 11.3 Å². The number of thiophene rings is 1. The van der Waals surface area contributed by atoms with E-state index in [1.807, 2.05) is 6.07 Å². The molecule has 2 heterocycles. The zero-order valence-corrected chi connectivity index (χ0v) is 11.8. The maximum absolute atomic E-state index is 11.9. The molecule has 108 valence electrons. The maximum atomic E-state index is 11.9. The third-order valence-corrected chi connectivity index (χ3v) is 3.82. The van der Waals surface area contributed by atoms with E-state index < -0.39 is 12.1 Å². The molecule has 2 aromatic rings. The Morgan fingerprint density at radius 3 is 2.76 bits per heavy atom. The van der Waals surface area contributed by atoms with Crippen LogP contribution in [0, 0.1) is 0 Å². The summed E-state index contributed by atoms with van der Waals surface area (Å²) in [5.74, 6) is 0.261. The summed E-state index contributed by atoms with van der Waals surface area (Å²) in [5, 5.41) is 1.80. The number of benzene rings is 1. The van der Waals surface area contributed by atoms with E-state index in [1.165, 1.54) is 11.3 Å². The van der Waals surface area contributed by atoms with Crippen molar-refractivity contribution in [2.45, 2.75) is 6.10 Å². The van der Waals surface area contributed by atoms with E-state index in [1.54, 1.807) is 35.7 Å². The molecule has 0 unspecified atom stereocenters. The lowest BCUT2D eigenvalue weighted by Gasteiger charge is -2.24. The molecular weight excluding hydrogens is 292 g/mol. The highest BCUT2D eigenvalue weighted by atomic mass is 32.1. The molecule has 1 aromatic carbocycles. The highest BCUT2D eigenvalue weighted by Crippen LogP contribution is 2.31. The van der Waals surface area contributed by atoms with Gasteiger partial charge in [0.15, 0.2) is 18.1 Å². The van der Waals surface area contributed by atoms with Crippen molar-refractivity contribution in [3.8, 4) is 11.5 Å². The summed E-state index contributed by atoms with van der Waals surface area (Å²) >= 11 is 1.31. The molecule has 0 radical (unpaired) electrons. The number of ether oxygens (including phenoxy) is 3. The van der Waals surface area contributed by atoms with Crippen molar-refractivity contribution < 1.29 is 23.8 Å². The Kier molecular flexibility index (Phi) is 3.87. The molecule has 5 nitrogen and oxygen atoms in total. The van der Waals surface area contributed by atoms with Crippen molar-refractivity contribution in [2.75, 3.05) is 13.2 Å². The predicted molar refractivity (Wildman–Crippen MR) is 76.0 cm³/mol. The second kappa shape index (κ2) is 5.97. The average Bonchev–Trinajstić information content (AvgIpc) is 3.06. The summed E-state index contributed by atoms with van der Waals surface area (Å²) in [6.45, 7) is -0.218. The van der Waals surface area contributed by atoms with Crippen molar-refractivity contribution in [1.82, 2.24) is 0 Å². The Morgan fingerprint density at radius 2 is 2.00 bits per heavy atom. The fourth-order valence-corrected chi connectivity index (χ4v) is 2.52. The van der Waals surface area contributed by atoms with Gasteiger partial charge in [-0.25, -0.2) is 4.79 Å². The van der Waals surface area contributed by atoms with Crippen LogP contribution in [0.2, 0.25) is 0 Å². The number of rotatable bonds is 4. The minimum atomic E-state index is -0.851. The Labute approximate surface area is 125 Å². The minimum absolute atomic E-state index is 0.0725. The average molecular weight is 304 g/mol. The SMILES string of the molecule is O=C(COC(=O)[C@@H]1COc2ccccc2O1)c1cccs1. The molecule has 0 saturated carbocycles. The van der Waals surface area contributed by atoms with Crippen LogP contribution >= 0.6 is 11.3 Å². The number of carbonyl (C=O) groups excluding carboxylic acids is 2. The molecule has 0 fully saturated rings. The van der Waals surface area contributed by atoms with Gasteiger partial charge in [0.1, 0.15) is 6.61 Å². The van der Waals surface area contributed by atoms with Gasteiger partial charge in [-0.2, -0.15) is 0 Å². The molecule has 0 aliphatic carbocycles. The number of Topliss-reactive ketones (excluding diaryl/α,β-unsaturated/α-hetero) is 1. The number of fused-ring (bicyclic) bond motifs is 1. The Morgan fingerprint density at radius 1 is 1.19 bits per heavy atom. The lowest BCUT2D eigenvalue weighted by molar-refractivity contribution is -0.153. The van der Waals surface area contributed by atoms with Crippen molar-refractivity contribution in [2.24, 2.45) is 0 Å². The Bertz CT molecular complexity index is 650. The minimum Gasteiger partial charge on any atom is -0.485 e. The molecule has 21 heavy (non-hydrogen) atoms. The lowest BCUT2D eigenvalue weighted by Crippen LogP contribution is -2.38. The van der Waals surface area contributed by atoms with Gasteiger partial charge in [0.25, 0.3) is 0 Å². The van der Waals surface area contributed by atoms with Gasteiger partial charge >= 0.3 is 5.97 Å². The van der Waals surface area contributed by atoms with Crippen LogP contribution in [0.3, 0.4) is 0 Å². The molecule has 1 aromatic heterocycles. The van der Waals surface area contributed by atoms with Gasteiger partial charge in [-0.05, 0) is 23.6 Å². The topological polar surface area (TPSA) is 61.8 Å². The largest absolute Gasteiger partial charge is 0.485 e. The van der Waals surface area contributed by atoms with Crippen LogP contribution in [-0.4, -0.2) is 31.1 Å². The second-order valence-electron chi connectivity index (χ2n) is 4.37. The number of carbonyl (C=O) groups is 2. The van der Waals surface area contributed by atoms with E-state index in [4.69, 9.17) is 14.2 Å². The molecule has 6 heteroatoms. The van der Waals surface area contributed by atoms with Gasteiger partial charge in [0, 0.05) is 0 Å². The van der Waals surface area contributed by atoms with Crippen molar-refractivity contribution >= 4 is 23.1 Å². The van der Waals surface area contributed by atoms with Crippen molar-refractivity contribution in [1.29, 1.82) is 0 Å². The normalized spacial score (nSPS) is 16.3. The molecule has 0 bridgehead atoms. The molecule has 0 saturated heterocycles. The van der Waals surface area contributed by atoms with E-state index in [0.29, 0.717) is 16.4 Å². The number of para-hydroxylation sites is 2. The first-order valence-corrected chi connectivity index (χ1v) is 7.24. The first-order chi connectivity index (χ1) is 10.2. The van der Waals surface area contributed by atoms with E-state index in [0.717, 1.165) is 0 Å². The van der Waals surface area contributed by atoms with Crippen LogP contribution in [-0.2, 0) is 9.53 Å². The van der Waals surface area contributed by atoms with Gasteiger partial charge in [-0.1, -0.05) is 18.2 Å². The van der Waals surface area contributed by atoms with E-state index >= 15 is 0 Å². The molecule has 0 N–H and O–H groups in total. The smallest absolute Gasteiger partial charge is 0.351 e. The zero-order chi connectivity index (χ0) is 14.7. The van der Waals surface area contributed by atoms with E-state index in [2.05, 4.69) is 0 Å². The van der Waals surface area contributed by atoms with Gasteiger partial charge < -0.3 is 14.2 Å². The number of hydrogen-bond acceptors (Lipinski definition) is 6. The molecule has 1 atom stereocenters. The summed E-state index contributed by atoms with van der Waals surface area (Å²) in [6, 6.07) is 10.5. The highest BCUT2D eigenvalue weighted by Gasteiger charge is 2.29. The second-order valence-corrected chi connectivity index (χ2v) is 5.32. The summed E-state index contributed by atoms with van der Waals surface area (Å²) in [4.78, 5) is 24.2. The molecule has 0 amide bonds. The Balaban J connectivity index is 1.56. The van der Waals surface area contributed by atoms with Gasteiger partial charge in [0.05, 0.1) is 4.88 Å². The number of hydrogen-bond donors (Lipinski definition) is 0. The predicted octanol–water partition coefficient (Wildman–Crippen LogP) is 2.31. The van der Waals surface area contributed by atoms with E-state index in [-0.39, 0.29) is 19.0 Å². The quantitative estimate of drug-likeness (QED) is 0.641. The summed E-state index contributed by atoms with van der Waals surface area (Å²) in [5.41, 5.74) is 0. The summed E-state index contributed by atoms with van der Waals surface area (Å²) in [6.07, 6.45) is -0.851.